The van der Waals surface area contributed by atoms with E-state index >= 15 is 0 Å². The van der Waals surface area contributed by atoms with Crippen LogP contribution in [0.4, 0.5) is 21.9 Å². The van der Waals surface area contributed by atoms with E-state index in [4.69, 9.17) is 0 Å². The molecule has 182 valence electrons. The number of benzene rings is 3. The lowest BCUT2D eigenvalue weighted by Crippen LogP contribution is -2.32. The molecule has 0 heterocycles. The first-order valence-electron chi connectivity index (χ1n) is 12.3. The van der Waals surface area contributed by atoms with Crippen molar-refractivity contribution in [2.45, 2.75) is 51.5 Å². The number of anilines is 3. The maximum Gasteiger partial charge on any atom is 0.336 e. The van der Waals surface area contributed by atoms with Gasteiger partial charge in [-0.3, -0.25) is 0 Å². The van der Waals surface area contributed by atoms with Crippen LogP contribution < -0.4 is 15.5 Å². The Hall–Kier alpha value is -3.80. The molecule has 35 heavy (non-hydrogen) atoms. The number of aryl methyl sites for hydroxylation is 1. The van der Waals surface area contributed by atoms with Crippen LogP contribution in [0.5, 0.6) is 0 Å². The van der Waals surface area contributed by atoms with E-state index in [2.05, 4.69) is 22.6 Å². The van der Waals surface area contributed by atoms with Gasteiger partial charge in [-0.15, -0.1) is 0 Å². The minimum atomic E-state index is -0.980. The molecular weight excluding hydrogens is 438 g/mol. The second-order valence-corrected chi connectivity index (χ2v) is 9.28. The maximum atomic E-state index is 13.0. The molecule has 6 nitrogen and oxygen atoms in total. The van der Waals surface area contributed by atoms with Crippen LogP contribution in [-0.2, 0) is 0 Å². The van der Waals surface area contributed by atoms with Crippen LogP contribution in [-0.4, -0.2) is 30.2 Å². The Morgan fingerprint density at radius 3 is 2.26 bits per heavy atom. The Bertz CT molecular complexity index is 1180. The molecule has 2 amide bonds. The van der Waals surface area contributed by atoms with E-state index in [1.54, 1.807) is 18.2 Å². The van der Waals surface area contributed by atoms with Crippen LogP contribution in [0.15, 0.2) is 66.7 Å². The Morgan fingerprint density at radius 2 is 1.57 bits per heavy atom. The van der Waals surface area contributed by atoms with Crippen molar-refractivity contribution < 1.29 is 14.7 Å². The zero-order valence-corrected chi connectivity index (χ0v) is 20.4. The highest BCUT2D eigenvalue weighted by Crippen LogP contribution is 2.35. The smallest absolute Gasteiger partial charge is 0.336 e. The number of urea groups is 1. The number of amides is 2. The third-order valence-electron chi connectivity index (χ3n) is 6.78. The summed E-state index contributed by atoms with van der Waals surface area (Å²) >= 11 is 0. The number of carbonyl (C=O) groups excluding carboxylic acids is 1. The first kappa shape index (κ1) is 24.3. The Balaban J connectivity index is 1.68. The number of carboxylic acids is 1. The molecule has 0 aliphatic heterocycles. The predicted octanol–water partition coefficient (Wildman–Crippen LogP) is 7.16. The van der Waals surface area contributed by atoms with Gasteiger partial charge in [-0.05, 0) is 61.2 Å². The molecule has 3 aromatic rings. The third kappa shape index (κ3) is 6.01. The summed E-state index contributed by atoms with van der Waals surface area (Å²) in [5.74, 6) is -0.980. The lowest BCUT2D eigenvalue weighted by molar-refractivity contribution is 0.0697. The molecular formula is C29H33N3O3. The Kier molecular flexibility index (Phi) is 7.70. The second kappa shape index (κ2) is 11.1. The number of carbonyl (C=O) groups is 2. The van der Waals surface area contributed by atoms with E-state index in [9.17, 15) is 14.7 Å². The summed E-state index contributed by atoms with van der Waals surface area (Å²) < 4.78 is 0. The van der Waals surface area contributed by atoms with Crippen molar-refractivity contribution in [1.29, 1.82) is 0 Å². The van der Waals surface area contributed by atoms with Gasteiger partial charge in [0.05, 0.1) is 16.9 Å². The summed E-state index contributed by atoms with van der Waals surface area (Å²) in [5.41, 5.74) is 4.99. The van der Waals surface area contributed by atoms with Gasteiger partial charge in [0.1, 0.15) is 0 Å². The zero-order chi connectivity index (χ0) is 24.8. The van der Waals surface area contributed by atoms with E-state index in [-0.39, 0.29) is 11.6 Å². The van der Waals surface area contributed by atoms with Crippen molar-refractivity contribution in [3.8, 4) is 11.1 Å². The van der Waals surface area contributed by atoms with Crippen molar-refractivity contribution in [1.82, 2.24) is 0 Å². The van der Waals surface area contributed by atoms with E-state index in [1.165, 1.54) is 25.7 Å². The summed E-state index contributed by atoms with van der Waals surface area (Å²) in [6, 6.07) is 20.4. The van der Waals surface area contributed by atoms with Crippen LogP contribution in [0.25, 0.3) is 11.1 Å². The first-order chi connectivity index (χ1) is 16.9. The quantitative estimate of drug-likeness (QED) is 0.333. The molecule has 1 aliphatic carbocycles. The molecule has 3 N–H and O–H groups in total. The van der Waals surface area contributed by atoms with Crippen LogP contribution in [0, 0.1) is 6.92 Å². The lowest BCUT2D eigenvalue weighted by Gasteiger charge is -2.31. The molecule has 1 saturated carbocycles. The van der Waals surface area contributed by atoms with E-state index in [0.717, 1.165) is 29.7 Å². The summed E-state index contributed by atoms with van der Waals surface area (Å²) in [6.45, 7) is 2.00. The van der Waals surface area contributed by atoms with Crippen LogP contribution in [0.1, 0.15) is 54.4 Å². The monoisotopic (exact) mass is 471 g/mol. The number of nitrogens with zero attached hydrogens (tertiary/aromatic N) is 1. The summed E-state index contributed by atoms with van der Waals surface area (Å²) in [4.78, 5) is 27.0. The van der Waals surface area contributed by atoms with E-state index in [1.807, 2.05) is 55.5 Å². The van der Waals surface area contributed by atoms with Crippen molar-refractivity contribution >= 4 is 29.1 Å². The summed E-state index contributed by atoms with van der Waals surface area (Å²) in [7, 11) is 2.08. The normalized spacial score (nSPS) is 14.1. The minimum absolute atomic E-state index is 0.229. The fourth-order valence-electron chi connectivity index (χ4n) is 4.80. The van der Waals surface area contributed by atoms with Gasteiger partial charge in [-0.25, -0.2) is 9.59 Å². The minimum Gasteiger partial charge on any atom is -0.478 e. The van der Waals surface area contributed by atoms with Gasteiger partial charge in [-0.1, -0.05) is 67.6 Å². The summed E-state index contributed by atoms with van der Waals surface area (Å²) in [5, 5.41) is 15.6. The molecule has 0 unspecified atom stereocenters. The van der Waals surface area contributed by atoms with E-state index < -0.39 is 5.97 Å². The number of nitrogens with one attached hydrogen (secondary N) is 2. The third-order valence-corrected chi connectivity index (χ3v) is 6.78. The van der Waals surface area contributed by atoms with Crippen molar-refractivity contribution in [2.75, 3.05) is 22.6 Å². The molecule has 0 bridgehead atoms. The van der Waals surface area contributed by atoms with Gasteiger partial charge < -0.3 is 20.6 Å². The number of aromatic carboxylic acids is 1. The topological polar surface area (TPSA) is 81.7 Å². The number of rotatable bonds is 6. The van der Waals surface area contributed by atoms with E-state index in [0.29, 0.717) is 23.0 Å². The number of carboxylic acid groups (broad SMARTS) is 1. The first-order valence-corrected chi connectivity index (χ1v) is 12.3. The van der Waals surface area contributed by atoms with Gasteiger partial charge in [0.25, 0.3) is 0 Å². The van der Waals surface area contributed by atoms with Gasteiger partial charge in [-0.2, -0.15) is 0 Å². The fourth-order valence-corrected chi connectivity index (χ4v) is 4.80. The van der Waals surface area contributed by atoms with Gasteiger partial charge in [0.15, 0.2) is 0 Å². The van der Waals surface area contributed by atoms with Crippen LogP contribution >= 0.6 is 0 Å². The molecule has 3 aromatic carbocycles. The highest BCUT2D eigenvalue weighted by atomic mass is 16.4. The van der Waals surface area contributed by atoms with Gasteiger partial charge >= 0.3 is 12.0 Å². The molecule has 1 aliphatic rings. The predicted molar refractivity (Wildman–Crippen MR) is 143 cm³/mol. The van der Waals surface area contributed by atoms with Gasteiger partial charge in [0.2, 0.25) is 0 Å². The van der Waals surface area contributed by atoms with Crippen molar-refractivity contribution in [3.05, 3.63) is 77.9 Å². The molecule has 0 atom stereocenters. The Labute approximate surface area is 207 Å². The number of hydrogen-bond acceptors (Lipinski definition) is 3. The molecule has 0 spiro atoms. The molecule has 1 fully saturated rings. The molecule has 0 aromatic heterocycles. The van der Waals surface area contributed by atoms with Gasteiger partial charge in [0, 0.05) is 18.8 Å². The summed E-state index contributed by atoms with van der Waals surface area (Å²) in [6.07, 6.45) is 7.17. The standard InChI is InChI=1S/C29H33N3O3/c1-20-13-16-22(17-14-20)30-29(35)31-26-19-21(24-11-7-8-12-25(24)28(33)34)15-18-27(26)32(2)23-9-5-3-4-6-10-23/h7-8,11-19,23H,3-6,9-10H2,1-2H3,(H,33,34)(H2,30,31,35). The Morgan fingerprint density at radius 1 is 0.886 bits per heavy atom. The molecule has 6 heteroatoms. The second-order valence-electron chi connectivity index (χ2n) is 9.28. The number of hydrogen-bond donors (Lipinski definition) is 3. The maximum absolute atomic E-state index is 13.0. The van der Waals surface area contributed by atoms with Crippen LogP contribution in [0.2, 0.25) is 0 Å². The van der Waals surface area contributed by atoms with Crippen LogP contribution in [0.3, 0.4) is 0 Å². The molecule has 0 radical (unpaired) electrons. The average Bonchev–Trinajstić information content (AvgIpc) is 3.15. The van der Waals surface area contributed by atoms with Crippen molar-refractivity contribution in [2.24, 2.45) is 0 Å². The zero-order valence-electron chi connectivity index (χ0n) is 20.4. The fraction of sp³-hybridized carbons (Fsp3) is 0.310. The SMILES string of the molecule is Cc1ccc(NC(=O)Nc2cc(-c3ccccc3C(=O)O)ccc2N(C)C2CCCCCC2)cc1. The lowest BCUT2D eigenvalue weighted by atomic mass is 9.98. The highest BCUT2D eigenvalue weighted by molar-refractivity contribution is 6.03. The average molecular weight is 472 g/mol. The largest absolute Gasteiger partial charge is 0.478 e. The molecule has 0 saturated heterocycles. The molecule has 4 rings (SSSR count). The van der Waals surface area contributed by atoms with Crippen molar-refractivity contribution in [3.63, 3.8) is 0 Å². The highest BCUT2D eigenvalue weighted by Gasteiger charge is 2.21.